The monoisotopic (exact) mass is 565 g/mol. The van der Waals surface area contributed by atoms with Gasteiger partial charge >= 0.3 is 5.97 Å². The van der Waals surface area contributed by atoms with Crippen LogP contribution in [0.4, 0.5) is 5.69 Å². The molecule has 1 radical (unpaired) electrons. The molecule has 1 fully saturated rings. The summed E-state index contributed by atoms with van der Waals surface area (Å²) in [6, 6.07) is 17.2. The van der Waals surface area contributed by atoms with Gasteiger partial charge in [0, 0.05) is 51.1 Å². The van der Waals surface area contributed by atoms with Crippen molar-refractivity contribution in [3.8, 4) is 0 Å². The van der Waals surface area contributed by atoms with Gasteiger partial charge in [-0.1, -0.05) is 24.1 Å². The average molecular weight is 566 g/mol. The summed E-state index contributed by atoms with van der Waals surface area (Å²) >= 11 is 0. The van der Waals surface area contributed by atoms with Gasteiger partial charge in [-0.2, -0.15) is 35.4 Å². The van der Waals surface area contributed by atoms with Gasteiger partial charge in [0.15, 0.2) is 0 Å². The Morgan fingerprint density at radius 1 is 1.17 bits per heavy atom. The fourth-order valence-electron chi connectivity index (χ4n) is 4.99. The van der Waals surface area contributed by atoms with E-state index in [2.05, 4.69) is 43.4 Å². The number of esters is 1. The van der Waals surface area contributed by atoms with E-state index >= 15 is 0 Å². The molecule has 2 aromatic carbocycles. The van der Waals surface area contributed by atoms with Crippen LogP contribution in [-0.2, 0) is 51.8 Å². The Bertz CT molecular complexity index is 1080. The van der Waals surface area contributed by atoms with Gasteiger partial charge in [0.2, 0.25) is 0 Å². The van der Waals surface area contributed by atoms with E-state index in [9.17, 15) is 9.59 Å². The van der Waals surface area contributed by atoms with Crippen molar-refractivity contribution in [2.24, 2.45) is 11.0 Å². The third-order valence-corrected chi connectivity index (χ3v) is 6.73. The topological polar surface area (TPSA) is 80.2 Å². The van der Waals surface area contributed by atoms with Crippen LogP contribution in [-0.4, -0.2) is 43.5 Å². The van der Waals surface area contributed by atoms with Crippen molar-refractivity contribution in [3.05, 3.63) is 65.2 Å². The third-order valence-electron chi connectivity index (χ3n) is 6.73. The van der Waals surface area contributed by atoms with Gasteiger partial charge in [-0.3, -0.25) is 9.80 Å². The van der Waals surface area contributed by atoms with Crippen LogP contribution in [0.25, 0.3) is 0 Å². The molecule has 1 N–H and O–H groups in total. The van der Waals surface area contributed by atoms with Crippen LogP contribution in [0.15, 0.2) is 47.6 Å². The number of rotatable bonds is 9. The van der Waals surface area contributed by atoms with Crippen molar-refractivity contribution >= 4 is 23.3 Å². The molecule has 3 unspecified atom stereocenters. The number of hydrogen-bond acceptors (Lipinski definition) is 6. The van der Waals surface area contributed by atoms with Crippen molar-refractivity contribution in [2.45, 2.75) is 58.5 Å². The van der Waals surface area contributed by atoms with E-state index in [1.165, 1.54) is 5.56 Å². The Balaban J connectivity index is 0.00000361. The summed E-state index contributed by atoms with van der Waals surface area (Å²) in [4.78, 5) is 24.9. The Hall–Kier alpha value is -2.09. The van der Waals surface area contributed by atoms with Crippen molar-refractivity contribution in [3.63, 3.8) is 0 Å². The third kappa shape index (κ3) is 7.02. The Morgan fingerprint density at radius 3 is 2.67 bits per heavy atom. The second-order valence-corrected chi connectivity index (χ2v) is 9.33. The molecule has 1 aliphatic heterocycles. The Kier molecular flexibility index (Phi) is 10.6. The van der Waals surface area contributed by atoms with Crippen LogP contribution in [0.5, 0.6) is 0 Å². The number of ether oxygens (including phenoxy) is 2. The van der Waals surface area contributed by atoms with Crippen molar-refractivity contribution < 1.29 is 51.8 Å². The van der Waals surface area contributed by atoms with Crippen LogP contribution in [0, 0.1) is 25.8 Å². The fourth-order valence-corrected chi connectivity index (χ4v) is 4.99. The van der Waals surface area contributed by atoms with E-state index in [1.54, 1.807) is 6.92 Å². The maximum absolute atomic E-state index is 13.3. The maximum atomic E-state index is 13.3. The molecule has 7 nitrogen and oxygen atoms in total. The molecule has 8 heteroatoms. The number of aryl methyl sites for hydroxylation is 2. The van der Waals surface area contributed by atoms with Gasteiger partial charge in [0.25, 0.3) is 5.91 Å². The van der Waals surface area contributed by atoms with Crippen LogP contribution in [0.3, 0.4) is 0 Å². The largest absolute Gasteiger partial charge is 0.464 e. The summed E-state index contributed by atoms with van der Waals surface area (Å²) < 4.78 is 10.5. The predicted molar refractivity (Wildman–Crippen MR) is 135 cm³/mol. The van der Waals surface area contributed by atoms with Crippen LogP contribution >= 0.6 is 0 Å². The minimum absolute atomic E-state index is 0. The molecule has 189 valence electrons. The zero-order valence-electron chi connectivity index (χ0n) is 21.3. The van der Waals surface area contributed by atoms with Crippen LogP contribution in [0.2, 0.25) is 0 Å². The van der Waals surface area contributed by atoms with E-state index in [1.807, 2.05) is 29.3 Å². The van der Waals surface area contributed by atoms with E-state index in [0.717, 1.165) is 36.1 Å². The summed E-state index contributed by atoms with van der Waals surface area (Å²) in [7, 11) is 0. The maximum Gasteiger partial charge on any atom is 0.332 e. The number of carbonyl (C=O) groups excluding carboxylic acids is 2. The predicted octanol–water partition coefficient (Wildman–Crippen LogP) is 4.27. The first-order valence-electron chi connectivity index (χ1n) is 12.4. The molecule has 0 saturated heterocycles. The number of nitrogens with zero attached hydrogens (tertiary/aromatic N) is 2. The average Bonchev–Trinajstić information content (AvgIpc) is 3.47. The molecule has 0 spiro atoms. The number of hydrogen-bond donors (Lipinski definition) is 1. The first kappa shape index (κ1) is 28.5. The molecule has 2 aliphatic rings. The first-order valence-corrected chi connectivity index (χ1v) is 12.4. The van der Waals surface area contributed by atoms with Crippen LogP contribution in [0.1, 0.15) is 55.3 Å². The van der Waals surface area contributed by atoms with Gasteiger partial charge in [-0.25, -0.2) is 4.79 Å². The molecule has 4 rings (SSSR count). The fraction of sp³-hybridized carbons (Fsp3) is 0.464. The normalized spacial score (nSPS) is 21.0. The van der Waals surface area contributed by atoms with E-state index < -0.39 is 0 Å². The zero-order chi connectivity index (χ0) is 24.8. The number of hydrazone groups is 1. The summed E-state index contributed by atoms with van der Waals surface area (Å²) in [6.07, 6.45) is 3.39. The summed E-state index contributed by atoms with van der Waals surface area (Å²) in [5, 5.41) is 10.00. The van der Waals surface area contributed by atoms with Crippen molar-refractivity contribution in [1.29, 1.82) is 0 Å². The number of carbonyl (C=O) groups is 2. The zero-order valence-corrected chi connectivity index (χ0v) is 24.2. The number of benzene rings is 2. The van der Waals surface area contributed by atoms with Gasteiger partial charge in [0.05, 0.1) is 24.9 Å². The molecule has 0 bridgehead atoms. The smallest absolute Gasteiger partial charge is 0.332 e. The second-order valence-electron chi connectivity index (χ2n) is 9.33. The molecular weight excluding hydrogens is 531 g/mol. The van der Waals surface area contributed by atoms with Crippen LogP contribution < -0.4 is 10.3 Å². The van der Waals surface area contributed by atoms with Gasteiger partial charge in [0.1, 0.15) is 12.3 Å². The SMILES string of the molecule is CCOC(=O)COCC1CCCC1NC(=O)C1=NN(c2ccc(C)cc2C)C(c2cc[c-]cc2)C1.[Y]. The van der Waals surface area contributed by atoms with Crippen molar-refractivity contribution in [2.75, 3.05) is 24.8 Å². The number of nitrogens with one attached hydrogen (secondary N) is 1. The Labute approximate surface area is 238 Å². The summed E-state index contributed by atoms with van der Waals surface area (Å²) in [5.74, 6) is -0.319. The van der Waals surface area contributed by atoms with Crippen molar-refractivity contribution in [1.82, 2.24) is 5.32 Å². The van der Waals surface area contributed by atoms with E-state index in [0.29, 0.717) is 25.3 Å². The minimum Gasteiger partial charge on any atom is -0.464 e. The molecule has 1 aliphatic carbocycles. The number of amides is 1. The standard InChI is InChI=1S/C28H34N3O4.Y/c1-4-35-27(32)18-34-17-22-11-8-12-23(22)29-28(33)24-16-26(21-9-6-5-7-10-21)31(30-24)25-14-13-19(2)15-20(25)3;/h6-7,9-10,13-15,22-23,26H,4,8,11-12,16-18H2,1-3H3,(H,29,33);/q-1;. The van der Waals surface area contributed by atoms with Gasteiger partial charge < -0.3 is 14.8 Å². The van der Waals surface area contributed by atoms with Gasteiger partial charge in [-0.15, -0.1) is 5.56 Å². The van der Waals surface area contributed by atoms with E-state index in [-0.39, 0.29) is 69.2 Å². The summed E-state index contributed by atoms with van der Waals surface area (Å²) in [6.45, 7) is 6.63. The Morgan fingerprint density at radius 2 is 1.94 bits per heavy atom. The quantitative estimate of drug-likeness (QED) is 0.363. The second kappa shape index (κ2) is 13.5. The summed E-state index contributed by atoms with van der Waals surface area (Å²) in [5.41, 5.74) is 4.94. The molecule has 1 saturated carbocycles. The molecule has 0 aromatic heterocycles. The number of anilines is 1. The van der Waals surface area contributed by atoms with Gasteiger partial charge in [-0.05, 0) is 45.2 Å². The molecule has 1 amide bonds. The molecular formula is C28H34N3O4Y-. The molecule has 36 heavy (non-hydrogen) atoms. The molecule has 2 aromatic rings. The first-order chi connectivity index (χ1) is 17.0. The van der Waals surface area contributed by atoms with E-state index in [4.69, 9.17) is 14.6 Å². The minimum atomic E-state index is -0.359. The molecule has 3 atom stereocenters. The molecule has 1 heterocycles.